The van der Waals surface area contributed by atoms with E-state index in [2.05, 4.69) is 4.90 Å². The molecule has 0 spiro atoms. The van der Waals surface area contributed by atoms with Crippen LogP contribution in [0.15, 0.2) is 59.4 Å². The van der Waals surface area contributed by atoms with Crippen LogP contribution in [0.25, 0.3) is 10.8 Å². The van der Waals surface area contributed by atoms with Crippen LogP contribution >= 0.6 is 0 Å². The molecule has 2 aromatic carbocycles. The summed E-state index contributed by atoms with van der Waals surface area (Å²) in [6, 6.07) is 16.9. The molecular formula is C20H22N2O3. The van der Waals surface area contributed by atoms with Gasteiger partial charge in [-0.25, -0.2) is 0 Å². The minimum atomic E-state index is -0.355. The summed E-state index contributed by atoms with van der Waals surface area (Å²) >= 11 is 0. The molecule has 3 rings (SSSR count). The first-order valence-electron chi connectivity index (χ1n) is 8.33. The highest BCUT2D eigenvalue weighted by molar-refractivity contribution is 5.86. The third-order valence-corrected chi connectivity index (χ3v) is 4.30. The Kier molecular flexibility index (Phi) is 5.05. The highest BCUT2D eigenvalue weighted by Gasteiger charge is 2.18. The largest absolute Gasteiger partial charge is 0.492 e. The molecule has 0 saturated heterocycles. The second kappa shape index (κ2) is 7.40. The standard InChI is InChI=1S/C20H22N2O3/c1-3-21(2)13-18-16-11-7-8-12-17(16)19(23)22(20(18)24)25-14-15-9-5-4-6-10-15/h4-12,24H,3,13-14H2,1-2H3. The van der Waals surface area contributed by atoms with Crippen molar-refractivity contribution in [2.75, 3.05) is 13.6 Å². The first kappa shape index (κ1) is 17.0. The van der Waals surface area contributed by atoms with E-state index in [1.165, 1.54) is 0 Å². The van der Waals surface area contributed by atoms with Crippen molar-refractivity contribution in [2.24, 2.45) is 0 Å². The number of hydrogen-bond donors (Lipinski definition) is 1. The van der Waals surface area contributed by atoms with Gasteiger partial charge in [0, 0.05) is 12.1 Å². The molecule has 0 fully saturated rings. The molecule has 3 aromatic rings. The zero-order valence-electron chi connectivity index (χ0n) is 14.5. The molecule has 0 amide bonds. The van der Waals surface area contributed by atoms with Crippen LogP contribution in [0.5, 0.6) is 5.88 Å². The lowest BCUT2D eigenvalue weighted by atomic mass is 10.1. The normalized spacial score (nSPS) is 11.2. The van der Waals surface area contributed by atoms with Crippen LogP contribution in [-0.2, 0) is 13.2 Å². The molecule has 5 nitrogen and oxygen atoms in total. The number of benzene rings is 2. The summed E-state index contributed by atoms with van der Waals surface area (Å²) in [5.41, 5.74) is 1.26. The Bertz CT molecular complexity index is 919. The van der Waals surface area contributed by atoms with Crippen molar-refractivity contribution < 1.29 is 9.94 Å². The quantitative estimate of drug-likeness (QED) is 0.751. The van der Waals surface area contributed by atoms with Crippen molar-refractivity contribution in [3.63, 3.8) is 0 Å². The number of hydrogen-bond acceptors (Lipinski definition) is 4. The molecule has 0 aliphatic heterocycles. The van der Waals surface area contributed by atoms with Gasteiger partial charge in [-0.1, -0.05) is 55.5 Å². The molecule has 25 heavy (non-hydrogen) atoms. The lowest BCUT2D eigenvalue weighted by Crippen LogP contribution is -2.29. The molecule has 0 atom stereocenters. The topological polar surface area (TPSA) is 54.7 Å². The molecule has 1 N–H and O–H groups in total. The monoisotopic (exact) mass is 338 g/mol. The second-order valence-electron chi connectivity index (χ2n) is 6.04. The molecule has 0 bridgehead atoms. The van der Waals surface area contributed by atoms with Gasteiger partial charge in [0.1, 0.15) is 6.61 Å². The highest BCUT2D eigenvalue weighted by atomic mass is 16.7. The SMILES string of the molecule is CCN(C)Cc1c(O)n(OCc2ccccc2)c(=O)c2ccccc12. The molecule has 1 heterocycles. The Morgan fingerprint density at radius 1 is 1.04 bits per heavy atom. The number of rotatable bonds is 6. The molecule has 0 saturated carbocycles. The van der Waals surface area contributed by atoms with E-state index < -0.39 is 0 Å². The van der Waals surface area contributed by atoms with Gasteiger partial charge in [-0.2, -0.15) is 0 Å². The number of aromatic hydroxyl groups is 1. The van der Waals surface area contributed by atoms with E-state index in [9.17, 15) is 9.90 Å². The molecule has 0 aliphatic carbocycles. The Morgan fingerprint density at radius 3 is 2.36 bits per heavy atom. The summed E-state index contributed by atoms with van der Waals surface area (Å²) in [4.78, 5) is 20.5. The molecule has 130 valence electrons. The fourth-order valence-corrected chi connectivity index (χ4v) is 2.75. The summed E-state index contributed by atoms with van der Waals surface area (Å²) < 4.78 is 1.01. The molecule has 5 heteroatoms. The third-order valence-electron chi connectivity index (χ3n) is 4.30. The average molecular weight is 338 g/mol. The van der Waals surface area contributed by atoms with Gasteiger partial charge in [-0.05, 0) is 30.6 Å². The number of pyridine rings is 1. The summed E-state index contributed by atoms with van der Waals surface area (Å²) in [6.45, 7) is 3.60. The minimum Gasteiger partial charge on any atom is -0.492 e. The van der Waals surface area contributed by atoms with Crippen LogP contribution in [0, 0.1) is 0 Å². The summed E-state index contributed by atoms with van der Waals surface area (Å²) in [5.74, 6) is -0.139. The van der Waals surface area contributed by atoms with Gasteiger partial charge in [0.25, 0.3) is 5.56 Å². The van der Waals surface area contributed by atoms with E-state index in [1.807, 2.05) is 62.5 Å². The van der Waals surface area contributed by atoms with Gasteiger partial charge in [0.15, 0.2) is 0 Å². The van der Waals surface area contributed by atoms with Crippen LogP contribution < -0.4 is 10.4 Å². The maximum absolute atomic E-state index is 12.7. The Balaban J connectivity index is 2.06. The van der Waals surface area contributed by atoms with Crippen LogP contribution in [0.3, 0.4) is 0 Å². The maximum atomic E-state index is 12.7. The summed E-state index contributed by atoms with van der Waals surface area (Å²) in [6.07, 6.45) is 0. The average Bonchev–Trinajstić information content (AvgIpc) is 2.65. The van der Waals surface area contributed by atoms with E-state index in [0.717, 1.165) is 22.2 Å². The van der Waals surface area contributed by atoms with Gasteiger partial charge in [-0.3, -0.25) is 4.79 Å². The van der Waals surface area contributed by atoms with Crippen molar-refractivity contribution >= 4 is 10.8 Å². The van der Waals surface area contributed by atoms with Crippen molar-refractivity contribution in [3.8, 4) is 5.88 Å². The van der Waals surface area contributed by atoms with Crippen molar-refractivity contribution in [2.45, 2.75) is 20.1 Å². The summed E-state index contributed by atoms with van der Waals surface area (Å²) in [7, 11) is 1.97. The predicted octanol–water partition coefficient (Wildman–Crippen LogP) is 2.79. The fraction of sp³-hybridized carbons (Fsp3) is 0.250. The smallest absolute Gasteiger partial charge is 0.294 e. The predicted molar refractivity (Wildman–Crippen MR) is 98.6 cm³/mol. The molecule has 1 aromatic heterocycles. The molecule has 0 unspecified atom stereocenters. The molecule has 0 radical (unpaired) electrons. The van der Waals surface area contributed by atoms with Crippen molar-refractivity contribution in [1.29, 1.82) is 0 Å². The van der Waals surface area contributed by atoms with Crippen LogP contribution in [-0.4, -0.2) is 28.3 Å². The highest BCUT2D eigenvalue weighted by Crippen LogP contribution is 2.25. The lowest BCUT2D eigenvalue weighted by molar-refractivity contribution is 0.0707. The maximum Gasteiger partial charge on any atom is 0.294 e. The van der Waals surface area contributed by atoms with Gasteiger partial charge in [0.05, 0.1) is 5.39 Å². The van der Waals surface area contributed by atoms with E-state index in [-0.39, 0.29) is 18.0 Å². The zero-order chi connectivity index (χ0) is 17.8. The Hall–Kier alpha value is -2.79. The van der Waals surface area contributed by atoms with Gasteiger partial charge in [0.2, 0.25) is 5.88 Å². The van der Waals surface area contributed by atoms with Crippen molar-refractivity contribution in [1.82, 2.24) is 9.63 Å². The number of nitrogens with zero attached hydrogens (tertiary/aromatic N) is 2. The van der Waals surface area contributed by atoms with Crippen molar-refractivity contribution in [3.05, 3.63) is 76.1 Å². The number of aromatic nitrogens is 1. The molecular weight excluding hydrogens is 316 g/mol. The fourth-order valence-electron chi connectivity index (χ4n) is 2.75. The van der Waals surface area contributed by atoms with Gasteiger partial charge < -0.3 is 14.8 Å². The Labute approximate surface area is 146 Å². The van der Waals surface area contributed by atoms with Crippen LogP contribution in [0.2, 0.25) is 0 Å². The van der Waals surface area contributed by atoms with E-state index in [0.29, 0.717) is 17.5 Å². The number of fused-ring (bicyclic) bond motifs is 1. The van der Waals surface area contributed by atoms with E-state index in [4.69, 9.17) is 4.84 Å². The van der Waals surface area contributed by atoms with Gasteiger partial charge in [-0.15, -0.1) is 4.73 Å². The molecule has 0 aliphatic rings. The van der Waals surface area contributed by atoms with E-state index >= 15 is 0 Å². The third kappa shape index (κ3) is 3.51. The van der Waals surface area contributed by atoms with E-state index in [1.54, 1.807) is 6.07 Å². The summed E-state index contributed by atoms with van der Waals surface area (Å²) in [5, 5.41) is 12.0. The lowest BCUT2D eigenvalue weighted by Gasteiger charge is -2.19. The first-order chi connectivity index (χ1) is 12.1. The first-order valence-corrected chi connectivity index (χ1v) is 8.33. The minimum absolute atomic E-state index is 0.139. The zero-order valence-corrected chi connectivity index (χ0v) is 14.5. The second-order valence-corrected chi connectivity index (χ2v) is 6.04. The van der Waals surface area contributed by atoms with Crippen LogP contribution in [0.4, 0.5) is 0 Å². The van der Waals surface area contributed by atoms with Crippen LogP contribution in [0.1, 0.15) is 18.1 Å². The Morgan fingerprint density at radius 2 is 1.68 bits per heavy atom. The van der Waals surface area contributed by atoms with Gasteiger partial charge >= 0.3 is 0 Å².